The van der Waals surface area contributed by atoms with E-state index in [1.165, 1.54) is 19.2 Å². The van der Waals surface area contributed by atoms with Gasteiger partial charge in [-0.05, 0) is 123 Å². The molecule has 1 aliphatic heterocycles. The van der Waals surface area contributed by atoms with Crippen LogP contribution in [-0.2, 0) is 21.7 Å². The van der Waals surface area contributed by atoms with Crippen molar-refractivity contribution in [1.82, 2.24) is 28.7 Å². The van der Waals surface area contributed by atoms with E-state index in [0.29, 0.717) is 93.1 Å². The van der Waals surface area contributed by atoms with E-state index in [4.69, 9.17) is 40.5 Å². The predicted octanol–water partition coefficient (Wildman–Crippen LogP) is 8.99. The van der Waals surface area contributed by atoms with Crippen LogP contribution in [0.4, 0.5) is 49.4 Å². The molecule has 24 heteroatoms. The lowest BCUT2D eigenvalue weighted by molar-refractivity contribution is -0.138. The number of nitrogen functional groups attached to an aromatic ring is 2. The van der Waals surface area contributed by atoms with Gasteiger partial charge in [-0.3, -0.25) is 8.80 Å². The monoisotopic (exact) mass is 1070 g/mol. The summed E-state index contributed by atoms with van der Waals surface area (Å²) in [5.41, 5.74) is 15.2. The van der Waals surface area contributed by atoms with Crippen molar-refractivity contribution in [2.24, 2.45) is 0 Å². The van der Waals surface area contributed by atoms with Crippen molar-refractivity contribution in [3.8, 4) is 22.8 Å². The van der Waals surface area contributed by atoms with E-state index in [9.17, 15) is 26.3 Å². The van der Waals surface area contributed by atoms with E-state index in [0.717, 1.165) is 35.3 Å². The van der Waals surface area contributed by atoms with Gasteiger partial charge in [-0.1, -0.05) is 12.1 Å². The van der Waals surface area contributed by atoms with Gasteiger partial charge in [0.15, 0.2) is 22.9 Å². The van der Waals surface area contributed by atoms with Gasteiger partial charge in [-0.2, -0.15) is 26.3 Å². The molecule has 1 fully saturated rings. The Morgan fingerprint density at radius 1 is 0.667 bits per heavy atom. The van der Waals surface area contributed by atoms with Crippen molar-refractivity contribution >= 4 is 84.9 Å². The summed E-state index contributed by atoms with van der Waals surface area (Å²) in [7, 11) is 2.72. The first-order valence-electron chi connectivity index (χ1n) is 22.4. The van der Waals surface area contributed by atoms with Gasteiger partial charge in [0, 0.05) is 31.9 Å². The first-order chi connectivity index (χ1) is 34.0. The average Bonchev–Trinajstić information content (AvgIpc) is 4.02. The number of aliphatic hydroxyl groups is 2. The minimum Gasteiger partial charge on any atom is -0.495 e. The number of benzene rings is 4. The van der Waals surface area contributed by atoms with Crippen LogP contribution in [0, 0.1) is 0 Å². The maximum Gasteiger partial charge on any atom is 0.494 e. The molecule has 4 aromatic heterocycles. The third kappa shape index (κ3) is 11.2. The summed E-state index contributed by atoms with van der Waals surface area (Å²) < 4.78 is 105. The number of hydrogen-bond acceptors (Lipinski definition) is 14. The Labute approximate surface area is 418 Å². The lowest BCUT2D eigenvalue weighted by Crippen LogP contribution is -2.41. The second-order valence-electron chi connectivity index (χ2n) is 17.4. The van der Waals surface area contributed by atoms with Crippen molar-refractivity contribution in [2.45, 2.75) is 64.1 Å². The summed E-state index contributed by atoms with van der Waals surface area (Å²) in [5.74, 6) is 1.82. The van der Waals surface area contributed by atoms with Crippen LogP contribution in [0.2, 0.25) is 0 Å². The van der Waals surface area contributed by atoms with Crippen molar-refractivity contribution < 1.29 is 55.3 Å². The number of hydrogen-bond donors (Lipinski definition) is 6. The van der Waals surface area contributed by atoms with E-state index in [-0.39, 0.29) is 42.6 Å². The Morgan fingerprint density at radius 3 is 1.64 bits per heavy atom. The highest BCUT2D eigenvalue weighted by Gasteiger charge is 2.51. The van der Waals surface area contributed by atoms with Crippen LogP contribution in [-0.4, -0.2) is 97.8 Å². The highest BCUT2D eigenvalue weighted by molar-refractivity contribution is 9.10. The molecule has 382 valence electrons. The number of halogens is 7. The number of ether oxygens (including phenoxy) is 2. The molecule has 1 saturated heterocycles. The van der Waals surface area contributed by atoms with Crippen LogP contribution in [0.1, 0.15) is 51.7 Å². The first kappa shape index (κ1) is 53.2. The fourth-order valence-corrected chi connectivity index (χ4v) is 7.99. The number of nitrogens with two attached hydrogens (primary N) is 2. The summed E-state index contributed by atoms with van der Waals surface area (Å²) in [6.45, 7) is 8.93. The predicted molar refractivity (Wildman–Crippen MR) is 269 cm³/mol. The van der Waals surface area contributed by atoms with Crippen LogP contribution in [0.15, 0.2) is 89.8 Å². The quantitative estimate of drug-likeness (QED) is 0.0292. The molecule has 0 saturated carbocycles. The van der Waals surface area contributed by atoms with Crippen molar-refractivity contribution in [3.05, 3.63) is 101 Å². The molecular formula is C48H52BBrF6N10O6. The highest BCUT2D eigenvalue weighted by atomic mass is 79.9. The van der Waals surface area contributed by atoms with Crippen LogP contribution >= 0.6 is 15.9 Å². The molecule has 72 heavy (non-hydrogen) atoms. The molecule has 0 aliphatic carbocycles. The van der Waals surface area contributed by atoms with E-state index in [2.05, 4.69) is 46.5 Å². The topological polar surface area (TPSA) is 214 Å². The fourth-order valence-electron chi connectivity index (χ4n) is 7.52. The number of anilines is 4. The van der Waals surface area contributed by atoms with E-state index in [1.54, 1.807) is 52.6 Å². The van der Waals surface area contributed by atoms with Crippen LogP contribution in [0.25, 0.3) is 44.6 Å². The van der Waals surface area contributed by atoms with Gasteiger partial charge in [-0.25, -0.2) is 19.9 Å². The van der Waals surface area contributed by atoms with E-state index < -0.39 is 23.5 Å². The lowest BCUT2D eigenvalue weighted by Gasteiger charge is -2.32. The Balaban J connectivity index is 0.000000165. The number of rotatable bonds is 12. The summed E-state index contributed by atoms with van der Waals surface area (Å²) in [6, 6.07) is 17.6. The Bertz CT molecular complexity index is 3210. The third-order valence-corrected chi connectivity index (χ3v) is 12.6. The number of methoxy groups -OCH3 is 2. The largest absolute Gasteiger partial charge is 0.495 e. The van der Waals surface area contributed by atoms with Crippen LogP contribution < -0.4 is 37.0 Å². The zero-order valence-corrected chi connectivity index (χ0v) is 41.5. The van der Waals surface area contributed by atoms with E-state index >= 15 is 0 Å². The first-order valence-corrected chi connectivity index (χ1v) is 23.2. The number of nitrogens with zero attached hydrogens (tertiary/aromatic N) is 6. The summed E-state index contributed by atoms with van der Waals surface area (Å²) in [5, 5.41) is 23.9. The molecule has 0 unspecified atom stereocenters. The Morgan fingerprint density at radius 2 is 1.14 bits per heavy atom. The van der Waals surface area contributed by atoms with Crippen molar-refractivity contribution in [1.29, 1.82) is 0 Å². The number of alkyl halides is 6. The zero-order valence-electron chi connectivity index (χ0n) is 39.9. The molecule has 9 rings (SSSR count). The maximum absolute atomic E-state index is 13.3. The normalized spacial score (nSPS) is 14.3. The molecule has 8 aromatic rings. The SMILES string of the molecule is COc1cc(-c2cnc3c(NCCCO)nc4cc(C(F)(F)F)ccc4n23)ccc1N.COc1cc(B2OC(C)(C)C(C)(C)O2)ccc1N.OCCCNc1nc2cc(C(F)(F)F)ccc2n2c(Br)cnc12. The van der Waals surface area contributed by atoms with Crippen LogP contribution in [0.3, 0.4) is 0 Å². The second-order valence-corrected chi connectivity index (χ2v) is 18.2. The number of imidazole rings is 2. The molecule has 0 bridgehead atoms. The average molecular weight is 1070 g/mol. The second kappa shape index (κ2) is 21.2. The molecule has 0 amide bonds. The number of aromatic nitrogens is 6. The van der Waals surface area contributed by atoms with Gasteiger partial charge in [0.2, 0.25) is 0 Å². The molecule has 0 radical (unpaired) electrons. The van der Waals surface area contributed by atoms with Gasteiger partial charge in [0.25, 0.3) is 0 Å². The lowest BCUT2D eigenvalue weighted by atomic mass is 9.79. The summed E-state index contributed by atoms with van der Waals surface area (Å²) in [6.07, 6.45) is -4.78. The Hall–Kier alpha value is -6.60. The standard InChI is InChI=1S/C21H20F3N5O2.C14H12BrF3N4O.C13H20BNO3/c1-31-18-9-12(3-5-14(18)25)17-11-27-20-19(26-7-2-8-30)28-15-10-13(21(22,23)24)4-6-16(15)29(17)20;15-11-7-20-13-12(19-4-1-5-23)21-9-6-8(14(16,17)18)2-3-10(9)22(11)13;1-12(2)13(3,4)18-14(17-12)9-6-7-10(15)11(8-9)16-5/h3-6,9-11,30H,2,7-8,25H2,1H3,(H,26,28);2-3,6-7,23H,1,4-5H2,(H,19,21);6-8H,15H2,1-5H3. The number of aliphatic hydroxyl groups excluding tert-OH is 2. The minimum absolute atomic E-state index is 0.00717. The van der Waals surface area contributed by atoms with Crippen molar-refractivity contribution in [3.63, 3.8) is 0 Å². The van der Waals surface area contributed by atoms with Gasteiger partial charge >= 0.3 is 19.5 Å². The van der Waals surface area contributed by atoms with Gasteiger partial charge in [-0.15, -0.1) is 0 Å². The molecule has 5 heterocycles. The molecule has 0 spiro atoms. The summed E-state index contributed by atoms with van der Waals surface area (Å²) in [4.78, 5) is 17.3. The highest BCUT2D eigenvalue weighted by Crippen LogP contribution is 2.38. The number of nitrogens with one attached hydrogen (secondary N) is 2. The van der Waals surface area contributed by atoms with E-state index in [1.807, 2.05) is 39.8 Å². The zero-order chi connectivity index (χ0) is 52.3. The molecule has 4 aromatic carbocycles. The minimum atomic E-state index is -4.49. The van der Waals surface area contributed by atoms with Crippen LogP contribution in [0.5, 0.6) is 11.5 Å². The molecular weight excluding hydrogens is 1020 g/mol. The molecule has 1 aliphatic rings. The van der Waals surface area contributed by atoms with Gasteiger partial charge in [0.05, 0.1) is 88.1 Å². The third-order valence-electron chi connectivity index (χ3n) is 12.0. The maximum atomic E-state index is 13.3. The molecule has 16 nitrogen and oxygen atoms in total. The van der Waals surface area contributed by atoms with Gasteiger partial charge < -0.3 is 51.1 Å². The van der Waals surface area contributed by atoms with Gasteiger partial charge in [0.1, 0.15) is 16.1 Å². The molecule has 8 N–H and O–H groups in total. The summed E-state index contributed by atoms with van der Waals surface area (Å²) >= 11 is 3.34. The number of fused-ring (bicyclic) bond motifs is 6. The smallest absolute Gasteiger partial charge is 0.494 e. The Kier molecular flexibility index (Phi) is 15.7. The van der Waals surface area contributed by atoms with Crippen molar-refractivity contribution in [2.75, 3.05) is 62.6 Å². The fraction of sp³-hybridized carbons (Fsp3) is 0.333. The molecule has 0 atom stereocenters.